The number of nitrogens with zero attached hydrogens (tertiary/aromatic N) is 1. The van der Waals surface area contributed by atoms with Crippen molar-refractivity contribution in [1.29, 1.82) is 0 Å². The molecule has 1 heterocycles. The first-order valence-electron chi connectivity index (χ1n) is 9.87. The van der Waals surface area contributed by atoms with E-state index in [4.69, 9.17) is 9.47 Å². The molecule has 1 amide bonds. The molecule has 0 bridgehead atoms. The molecule has 1 fully saturated rings. The highest BCUT2D eigenvalue weighted by atomic mass is 16.5. The van der Waals surface area contributed by atoms with E-state index in [2.05, 4.69) is 34.5 Å². The van der Waals surface area contributed by atoms with Crippen molar-refractivity contribution < 1.29 is 14.3 Å². The topological polar surface area (TPSA) is 50.8 Å². The summed E-state index contributed by atoms with van der Waals surface area (Å²) >= 11 is 0. The van der Waals surface area contributed by atoms with Gasteiger partial charge in [0.2, 0.25) is 0 Å². The molecule has 2 aromatic rings. The quantitative estimate of drug-likeness (QED) is 0.794. The molecule has 0 aliphatic carbocycles. The Hall–Kier alpha value is -2.53. The number of amides is 1. The van der Waals surface area contributed by atoms with Gasteiger partial charge in [0.15, 0.2) is 0 Å². The van der Waals surface area contributed by atoms with Gasteiger partial charge in [-0.3, -0.25) is 9.69 Å². The van der Waals surface area contributed by atoms with Gasteiger partial charge in [0.1, 0.15) is 11.5 Å². The van der Waals surface area contributed by atoms with Gasteiger partial charge in [-0.2, -0.15) is 0 Å². The number of hydrogen-bond acceptors (Lipinski definition) is 4. The molecule has 1 aliphatic rings. The standard InChI is InChI=1S/C23H30N2O3/c1-17-21(27-2)12-20(13-22(17)28-3)23(26)24-14-19-10-7-11-25(16-19)15-18-8-5-4-6-9-18/h4-6,8-9,12-13,19H,7,10-11,14-16H2,1-3H3,(H,24,26). The summed E-state index contributed by atoms with van der Waals surface area (Å²) in [5.41, 5.74) is 2.80. The zero-order valence-electron chi connectivity index (χ0n) is 17.0. The van der Waals surface area contributed by atoms with Crippen molar-refractivity contribution >= 4 is 5.91 Å². The van der Waals surface area contributed by atoms with Gasteiger partial charge in [-0.25, -0.2) is 0 Å². The van der Waals surface area contributed by atoms with E-state index in [1.807, 2.05) is 13.0 Å². The van der Waals surface area contributed by atoms with Crippen molar-refractivity contribution in [3.05, 3.63) is 59.2 Å². The van der Waals surface area contributed by atoms with E-state index < -0.39 is 0 Å². The lowest BCUT2D eigenvalue weighted by atomic mass is 9.97. The zero-order chi connectivity index (χ0) is 19.9. The van der Waals surface area contributed by atoms with Crippen molar-refractivity contribution in [3.8, 4) is 11.5 Å². The first kappa shape index (κ1) is 20.2. The summed E-state index contributed by atoms with van der Waals surface area (Å²) < 4.78 is 10.8. The second-order valence-electron chi connectivity index (χ2n) is 7.44. The van der Waals surface area contributed by atoms with Crippen LogP contribution in [0.25, 0.3) is 0 Å². The van der Waals surface area contributed by atoms with Crippen LogP contribution in [0.4, 0.5) is 0 Å². The SMILES string of the molecule is COc1cc(C(=O)NCC2CCCN(Cc3ccccc3)C2)cc(OC)c1C. The third kappa shape index (κ3) is 5.04. The third-order valence-corrected chi connectivity index (χ3v) is 5.42. The maximum atomic E-state index is 12.7. The Kier molecular flexibility index (Phi) is 6.93. The highest BCUT2D eigenvalue weighted by Crippen LogP contribution is 2.29. The van der Waals surface area contributed by atoms with Gasteiger partial charge in [0.05, 0.1) is 14.2 Å². The van der Waals surface area contributed by atoms with Crippen LogP contribution in [-0.4, -0.2) is 44.7 Å². The molecular formula is C23H30N2O3. The zero-order valence-corrected chi connectivity index (χ0v) is 17.0. The Labute approximate surface area is 167 Å². The predicted molar refractivity (Wildman–Crippen MR) is 111 cm³/mol. The van der Waals surface area contributed by atoms with Crippen LogP contribution in [0.1, 0.15) is 34.3 Å². The van der Waals surface area contributed by atoms with E-state index >= 15 is 0 Å². The van der Waals surface area contributed by atoms with Gasteiger partial charge >= 0.3 is 0 Å². The molecule has 0 spiro atoms. The fourth-order valence-corrected chi connectivity index (χ4v) is 3.86. The van der Waals surface area contributed by atoms with Gasteiger partial charge in [-0.15, -0.1) is 0 Å². The first-order valence-corrected chi connectivity index (χ1v) is 9.87. The average molecular weight is 383 g/mol. The molecular weight excluding hydrogens is 352 g/mol. The molecule has 0 radical (unpaired) electrons. The van der Waals surface area contributed by atoms with E-state index in [9.17, 15) is 4.79 Å². The minimum atomic E-state index is -0.0863. The highest BCUT2D eigenvalue weighted by molar-refractivity contribution is 5.95. The van der Waals surface area contributed by atoms with Crippen LogP contribution in [0.5, 0.6) is 11.5 Å². The number of carbonyl (C=O) groups is 1. The third-order valence-electron chi connectivity index (χ3n) is 5.42. The summed E-state index contributed by atoms with van der Waals surface area (Å²) in [6, 6.07) is 14.1. The molecule has 5 nitrogen and oxygen atoms in total. The Bertz CT molecular complexity index is 767. The van der Waals surface area contributed by atoms with Gasteiger partial charge in [-0.05, 0) is 49.9 Å². The summed E-state index contributed by atoms with van der Waals surface area (Å²) in [4.78, 5) is 15.2. The number of carbonyl (C=O) groups excluding carboxylic acids is 1. The average Bonchev–Trinajstić information content (AvgIpc) is 2.73. The van der Waals surface area contributed by atoms with Gasteiger partial charge in [0.25, 0.3) is 5.91 Å². The van der Waals surface area contributed by atoms with Crippen LogP contribution in [0.2, 0.25) is 0 Å². The molecule has 1 aliphatic heterocycles. The normalized spacial score (nSPS) is 17.2. The van der Waals surface area contributed by atoms with Crippen LogP contribution < -0.4 is 14.8 Å². The molecule has 150 valence electrons. The number of likely N-dealkylation sites (tertiary alicyclic amines) is 1. The lowest BCUT2D eigenvalue weighted by molar-refractivity contribution is 0.0930. The summed E-state index contributed by atoms with van der Waals surface area (Å²) in [7, 11) is 3.21. The maximum Gasteiger partial charge on any atom is 0.251 e. The highest BCUT2D eigenvalue weighted by Gasteiger charge is 2.21. The molecule has 0 saturated carbocycles. The van der Waals surface area contributed by atoms with Crippen LogP contribution >= 0.6 is 0 Å². The summed E-state index contributed by atoms with van der Waals surface area (Å²) in [5.74, 6) is 1.71. The van der Waals surface area contributed by atoms with Crippen molar-refractivity contribution in [2.45, 2.75) is 26.3 Å². The van der Waals surface area contributed by atoms with Gasteiger partial charge in [-0.1, -0.05) is 30.3 Å². The Morgan fingerprint density at radius 2 is 1.82 bits per heavy atom. The Morgan fingerprint density at radius 1 is 1.14 bits per heavy atom. The smallest absolute Gasteiger partial charge is 0.251 e. The van der Waals surface area contributed by atoms with Crippen molar-refractivity contribution in [1.82, 2.24) is 10.2 Å². The number of hydrogen-bond donors (Lipinski definition) is 1. The van der Waals surface area contributed by atoms with Gasteiger partial charge < -0.3 is 14.8 Å². The minimum Gasteiger partial charge on any atom is -0.496 e. The first-order chi connectivity index (χ1) is 13.6. The number of rotatable bonds is 7. The number of piperidine rings is 1. The van der Waals surface area contributed by atoms with Crippen LogP contribution in [0, 0.1) is 12.8 Å². The second-order valence-corrected chi connectivity index (χ2v) is 7.44. The van der Waals surface area contributed by atoms with Crippen molar-refractivity contribution in [2.75, 3.05) is 33.9 Å². The molecule has 1 unspecified atom stereocenters. The fourth-order valence-electron chi connectivity index (χ4n) is 3.86. The molecule has 1 N–H and O–H groups in total. The van der Waals surface area contributed by atoms with Crippen molar-refractivity contribution in [2.24, 2.45) is 5.92 Å². The molecule has 28 heavy (non-hydrogen) atoms. The lowest BCUT2D eigenvalue weighted by Gasteiger charge is -2.32. The molecule has 3 rings (SSSR count). The summed E-state index contributed by atoms with van der Waals surface area (Å²) in [6.07, 6.45) is 2.31. The lowest BCUT2D eigenvalue weighted by Crippen LogP contribution is -2.40. The summed E-state index contributed by atoms with van der Waals surface area (Å²) in [6.45, 7) is 5.70. The van der Waals surface area contributed by atoms with Crippen LogP contribution in [0.15, 0.2) is 42.5 Å². The molecule has 0 aromatic heterocycles. The van der Waals surface area contributed by atoms with E-state index in [1.165, 1.54) is 12.0 Å². The second kappa shape index (κ2) is 9.60. The number of nitrogens with one attached hydrogen (secondary N) is 1. The van der Waals surface area contributed by atoms with E-state index in [-0.39, 0.29) is 5.91 Å². The molecule has 1 atom stereocenters. The van der Waals surface area contributed by atoms with E-state index in [0.29, 0.717) is 29.5 Å². The molecule has 1 saturated heterocycles. The van der Waals surface area contributed by atoms with E-state index in [0.717, 1.165) is 31.6 Å². The van der Waals surface area contributed by atoms with Crippen molar-refractivity contribution in [3.63, 3.8) is 0 Å². The summed E-state index contributed by atoms with van der Waals surface area (Å²) in [5, 5.41) is 3.10. The number of methoxy groups -OCH3 is 2. The maximum absolute atomic E-state index is 12.7. The number of ether oxygens (including phenoxy) is 2. The molecule has 5 heteroatoms. The fraction of sp³-hybridized carbons (Fsp3) is 0.435. The van der Waals surface area contributed by atoms with Crippen LogP contribution in [-0.2, 0) is 6.54 Å². The van der Waals surface area contributed by atoms with Gasteiger partial charge in [0, 0.05) is 30.8 Å². The Balaban J connectivity index is 1.57. The minimum absolute atomic E-state index is 0.0863. The van der Waals surface area contributed by atoms with Crippen LogP contribution in [0.3, 0.4) is 0 Å². The largest absolute Gasteiger partial charge is 0.496 e. The molecule has 2 aromatic carbocycles. The Morgan fingerprint density at radius 3 is 2.46 bits per heavy atom. The monoisotopic (exact) mass is 382 g/mol. The number of benzene rings is 2. The predicted octanol–water partition coefficient (Wildman–Crippen LogP) is 3.65. The van der Waals surface area contributed by atoms with E-state index in [1.54, 1.807) is 26.4 Å².